The van der Waals surface area contributed by atoms with Crippen molar-refractivity contribution in [2.45, 2.75) is 25.4 Å². The molecule has 1 aromatic carbocycles. The van der Waals surface area contributed by atoms with E-state index in [4.69, 9.17) is 16.3 Å². The summed E-state index contributed by atoms with van der Waals surface area (Å²) in [5.74, 6) is -0.178. The van der Waals surface area contributed by atoms with Crippen LogP contribution in [0.25, 0.3) is 5.69 Å². The maximum absolute atomic E-state index is 11.8. The van der Waals surface area contributed by atoms with E-state index in [1.165, 1.54) is 7.11 Å². The zero-order valence-electron chi connectivity index (χ0n) is 12.3. The normalized spacial score (nSPS) is 18.5. The summed E-state index contributed by atoms with van der Waals surface area (Å²) in [6, 6.07) is 7.21. The van der Waals surface area contributed by atoms with Gasteiger partial charge < -0.3 is 4.74 Å². The van der Waals surface area contributed by atoms with E-state index in [9.17, 15) is 4.79 Å². The number of likely N-dealkylation sites (tertiary alicyclic amines) is 1. The number of aromatic nitrogens is 3. The molecule has 7 heteroatoms. The lowest BCUT2D eigenvalue weighted by Crippen LogP contribution is -2.36. The second-order valence-electron chi connectivity index (χ2n) is 5.28. The van der Waals surface area contributed by atoms with E-state index in [0.717, 1.165) is 30.8 Å². The number of hydrogen-bond donors (Lipinski definition) is 0. The minimum absolute atomic E-state index is 0.175. The van der Waals surface area contributed by atoms with Crippen LogP contribution < -0.4 is 0 Å². The number of carbonyl (C=O) groups excluding carboxylic acids is 1. The van der Waals surface area contributed by atoms with Crippen LogP contribution in [0.5, 0.6) is 0 Å². The summed E-state index contributed by atoms with van der Waals surface area (Å²) in [6.45, 7) is 1.46. The van der Waals surface area contributed by atoms with Crippen molar-refractivity contribution in [2.24, 2.45) is 0 Å². The van der Waals surface area contributed by atoms with E-state index in [-0.39, 0.29) is 12.0 Å². The highest BCUT2D eigenvalue weighted by Crippen LogP contribution is 2.21. The van der Waals surface area contributed by atoms with Gasteiger partial charge in [0.15, 0.2) is 0 Å². The molecule has 22 heavy (non-hydrogen) atoms. The minimum atomic E-state index is -0.178. The van der Waals surface area contributed by atoms with Crippen molar-refractivity contribution in [3.8, 4) is 5.69 Å². The van der Waals surface area contributed by atoms with Crippen molar-refractivity contribution in [3.63, 3.8) is 0 Å². The highest BCUT2D eigenvalue weighted by Gasteiger charge is 2.31. The van der Waals surface area contributed by atoms with E-state index in [2.05, 4.69) is 15.2 Å². The first-order valence-corrected chi connectivity index (χ1v) is 7.54. The molecular formula is C15H17ClN4O2. The number of halogens is 1. The average Bonchev–Trinajstić information content (AvgIpc) is 3.17. The van der Waals surface area contributed by atoms with Gasteiger partial charge in [-0.2, -0.15) is 0 Å². The SMILES string of the molecule is COC(=O)[C@@H]1CCCN1Cc1cn(-c2ccc(Cl)cc2)nn1. The summed E-state index contributed by atoms with van der Waals surface area (Å²) in [5.41, 5.74) is 1.72. The number of rotatable bonds is 4. The molecule has 0 N–H and O–H groups in total. The predicted octanol–water partition coefficient (Wildman–Crippen LogP) is 2.06. The summed E-state index contributed by atoms with van der Waals surface area (Å²) < 4.78 is 6.56. The van der Waals surface area contributed by atoms with E-state index >= 15 is 0 Å². The monoisotopic (exact) mass is 320 g/mol. The lowest BCUT2D eigenvalue weighted by atomic mass is 10.2. The van der Waals surface area contributed by atoms with Gasteiger partial charge in [0.05, 0.1) is 24.7 Å². The van der Waals surface area contributed by atoms with Gasteiger partial charge in [-0.3, -0.25) is 9.69 Å². The third-order valence-corrected chi connectivity index (χ3v) is 4.09. The summed E-state index contributed by atoms with van der Waals surface area (Å²) in [7, 11) is 1.43. The van der Waals surface area contributed by atoms with E-state index < -0.39 is 0 Å². The van der Waals surface area contributed by atoms with Gasteiger partial charge in [0.25, 0.3) is 0 Å². The lowest BCUT2D eigenvalue weighted by molar-refractivity contribution is -0.146. The van der Waals surface area contributed by atoms with Crippen LogP contribution in [0.4, 0.5) is 0 Å². The Morgan fingerprint density at radius 2 is 2.18 bits per heavy atom. The first-order chi connectivity index (χ1) is 10.7. The number of esters is 1. The molecule has 0 unspecified atom stereocenters. The fourth-order valence-electron chi connectivity index (χ4n) is 2.72. The number of carbonyl (C=O) groups is 1. The van der Waals surface area contributed by atoms with Crippen LogP contribution in [0.1, 0.15) is 18.5 Å². The van der Waals surface area contributed by atoms with E-state index in [1.54, 1.807) is 4.68 Å². The van der Waals surface area contributed by atoms with Gasteiger partial charge >= 0.3 is 5.97 Å². The van der Waals surface area contributed by atoms with Gasteiger partial charge in [-0.25, -0.2) is 4.68 Å². The fraction of sp³-hybridized carbons (Fsp3) is 0.400. The van der Waals surface area contributed by atoms with Gasteiger partial charge in [0.2, 0.25) is 0 Å². The molecular weight excluding hydrogens is 304 g/mol. The Bertz CT molecular complexity index is 656. The van der Waals surface area contributed by atoms with Crippen molar-refractivity contribution >= 4 is 17.6 Å². The van der Waals surface area contributed by atoms with Gasteiger partial charge in [-0.05, 0) is 43.7 Å². The van der Waals surface area contributed by atoms with Crippen LogP contribution in [0.2, 0.25) is 5.02 Å². The first-order valence-electron chi connectivity index (χ1n) is 7.16. The Balaban J connectivity index is 1.71. The quantitative estimate of drug-likeness (QED) is 0.807. The molecule has 1 fully saturated rings. The number of methoxy groups -OCH3 is 1. The molecule has 0 spiro atoms. The molecule has 1 aliphatic heterocycles. The standard InChI is InChI=1S/C15H17ClN4O2/c1-22-15(21)14-3-2-8-19(14)9-12-10-20(18-17-12)13-6-4-11(16)5-7-13/h4-7,10,14H,2-3,8-9H2,1H3/t14-/m0/s1. The summed E-state index contributed by atoms with van der Waals surface area (Å²) >= 11 is 5.88. The second kappa shape index (κ2) is 6.46. The van der Waals surface area contributed by atoms with Crippen LogP contribution in [-0.2, 0) is 16.1 Å². The van der Waals surface area contributed by atoms with Gasteiger partial charge in [-0.1, -0.05) is 16.8 Å². The summed E-state index contributed by atoms with van der Waals surface area (Å²) in [4.78, 5) is 13.8. The maximum Gasteiger partial charge on any atom is 0.323 e. The Hall–Kier alpha value is -1.92. The average molecular weight is 321 g/mol. The maximum atomic E-state index is 11.8. The smallest absolute Gasteiger partial charge is 0.323 e. The van der Waals surface area contributed by atoms with Crippen LogP contribution >= 0.6 is 11.6 Å². The van der Waals surface area contributed by atoms with Crippen LogP contribution in [0.3, 0.4) is 0 Å². The molecule has 1 atom stereocenters. The van der Waals surface area contributed by atoms with Crippen LogP contribution in [0, 0.1) is 0 Å². The number of benzene rings is 1. The molecule has 1 saturated heterocycles. The number of hydrogen-bond acceptors (Lipinski definition) is 5. The largest absolute Gasteiger partial charge is 0.468 e. The van der Waals surface area contributed by atoms with E-state index in [1.807, 2.05) is 30.5 Å². The molecule has 0 saturated carbocycles. The fourth-order valence-corrected chi connectivity index (χ4v) is 2.84. The third-order valence-electron chi connectivity index (χ3n) is 3.83. The molecule has 116 valence electrons. The van der Waals surface area contributed by atoms with E-state index in [0.29, 0.717) is 11.6 Å². The molecule has 1 aromatic heterocycles. The summed E-state index contributed by atoms with van der Waals surface area (Å²) in [6.07, 6.45) is 3.69. The zero-order valence-corrected chi connectivity index (χ0v) is 13.0. The highest BCUT2D eigenvalue weighted by atomic mass is 35.5. The van der Waals surface area contributed by atoms with Crippen molar-refractivity contribution in [2.75, 3.05) is 13.7 Å². The van der Waals surface area contributed by atoms with Gasteiger partial charge in [0, 0.05) is 11.6 Å². The van der Waals surface area contributed by atoms with Gasteiger partial charge in [-0.15, -0.1) is 5.10 Å². The number of nitrogens with zero attached hydrogens (tertiary/aromatic N) is 4. The van der Waals surface area contributed by atoms with Crippen molar-refractivity contribution < 1.29 is 9.53 Å². The summed E-state index contributed by atoms with van der Waals surface area (Å²) in [5, 5.41) is 9.00. The lowest BCUT2D eigenvalue weighted by Gasteiger charge is -2.20. The molecule has 0 aliphatic carbocycles. The van der Waals surface area contributed by atoms with Crippen molar-refractivity contribution in [1.82, 2.24) is 19.9 Å². The Morgan fingerprint density at radius 3 is 2.91 bits per heavy atom. The highest BCUT2D eigenvalue weighted by molar-refractivity contribution is 6.30. The molecule has 2 heterocycles. The zero-order chi connectivity index (χ0) is 15.5. The van der Waals surface area contributed by atoms with Crippen LogP contribution in [0.15, 0.2) is 30.5 Å². The molecule has 0 bridgehead atoms. The van der Waals surface area contributed by atoms with Crippen molar-refractivity contribution in [1.29, 1.82) is 0 Å². The number of ether oxygens (including phenoxy) is 1. The van der Waals surface area contributed by atoms with Crippen molar-refractivity contribution in [3.05, 3.63) is 41.2 Å². The molecule has 0 radical (unpaired) electrons. The molecule has 3 rings (SSSR count). The van der Waals surface area contributed by atoms with Crippen LogP contribution in [-0.4, -0.2) is 45.6 Å². The molecule has 6 nitrogen and oxygen atoms in total. The van der Waals surface area contributed by atoms with Gasteiger partial charge in [0.1, 0.15) is 6.04 Å². The molecule has 2 aromatic rings. The third kappa shape index (κ3) is 3.13. The molecule has 0 amide bonds. The Labute approximate surface area is 133 Å². The second-order valence-corrected chi connectivity index (χ2v) is 5.72. The topological polar surface area (TPSA) is 60.2 Å². The predicted molar refractivity (Wildman–Crippen MR) is 81.8 cm³/mol. The minimum Gasteiger partial charge on any atom is -0.468 e. The molecule has 1 aliphatic rings. The Morgan fingerprint density at radius 1 is 1.41 bits per heavy atom. The first kappa shape index (κ1) is 15.0. The Kier molecular flexibility index (Phi) is 4.40.